The molecule has 0 aromatic heterocycles. The highest BCUT2D eigenvalue weighted by Gasteiger charge is 2.44. The highest BCUT2D eigenvalue weighted by atomic mass is 32.2. The van der Waals surface area contributed by atoms with Gasteiger partial charge in [0.25, 0.3) is 0 Å². The normalized spacial score (nSPS) is 17.6. The number of carboxylic acids is 1. The van der Waals surface area contributed by atoms with Gasteiger partial charge in [-0.3, -0.25) is 4.79 Å². The highest BCUT2D eigenvalue weighted by Crippen LogP contribution is 2.31. The van der Waals surface area contributed by atoms with E-state index in [2.05, 4.69) is 4.72 Å². The van der Waals surface area contributed by atoms with Gasteiger partial charge < -0.3 is 9.84 Å². The van der Waals surface area contributed by atoms with Gasteiger partial charge in [-0.25, -0.2) is 8.42 Å². The average molecular weight is 313 g/mol. The van der Waals surface area contributed by atoms with Crippen LogP contribution in [0.4, 0.5) is 0 Å². The van der Waals surface area contributed by atoms with Crippen molar-refractivity contribution in [1.82, 2.24) is 4.72 Å². The second kappa shape index (κ2) is 6.03. The fraction of sp³-hybridized carbons (Fsp3) is 0.500. The van der Waals surface area contributed by atoms with Gasteiger partial charge in [-0.1, -0.05) is 12.8 Å². The van der Waals surface area contributed by atoms with E-state index in [1.807, 2.05) is 6.92 Å². The summed E-state index contributed by atoms with van der Waals surface area (Å²) in [4.78, 5) is 11.5. The summed E-state index contributed by atoms with van der Waals surface area (Å²) >= 11 is 0. The first-order valence-corrected chi connectivity index (χ1v) is 8.38. The smallest absolute Gasteiger partial charge is 0.324 e. The maximum atomic E-state index is 12.4. The number of sulfonamides is 1. The Morgan fingerprint density at radius 2 is 1.86 bits per heavy atom. The number of aliphatic carboxylic acids is 1. The molecular weight excluding hydrogens is 294 g/mol. The van der Waals surface area contributed by atoms with Crippen molar-refractivity contribution >= 4 is 16.0 Å². The Bertz CT molecular complexity index is 603. The van der Waals surface area contributed by atoms with Crippen molar-refractivity contribution in [3.63, 3.8) is 0 Å². The van der Waals surface area contributed by atoms with Crippen LogP contribution in [0, 0.1) is 0 Å². The summed E-state index contributed by atoms with van der Waals surface area (Å²) in [6.45, 7) is 2.33. The molecule has 0 bridgehead atoms. The van der Waals surface area contributed by atoms with E-state index in [4.69, 9.17) is 4.74 Å². The zero-order chi connectivity index (χ0) is 15.5. The van der Waals surface area contributed by atoms with Crippen LogP contribution >= 0.6 is 0 Å². The third-order valence-corrected chi connectivity index (χ3v) is 5.19. The predicted molar refractivity (Wildman–Crippen MR) is 76.8 cm³/mol. The fourth-order valence-corrected chi connectivity index (χ4v) is 3.95. The maximum absolute atomic E-state index is 12.4. The van der Waals surface area contributed by atoms with Crippen molar-refractivity contribution in [2.24, 2.45) is 0 Å². The largest absolute Gasteiger partial charge is 0.494 e. The van der Waals surface area contributed by atoms with Crippen molar-refractivity contribution in [3.05, 3.63) is 24.3 Å². The van der Waals surface area contributed by atoms with E-state index in [1.54, 1.807) is 12.1 Å². The quantitative estimate of drug-likeness (QED) is 0.835. The predicted octanol–water partition coefficient (Wildman–Crippen LogP) is 1.76. The minimum absolute atomic E-state index is 0.0403. The van der Waals surface area contributed by atoms with Crippen LogP contribution in [-0.2, 0) is 14.8 Å². The van der Waals surface area contributed by atoms with E-state index in [0.717, 1.165) is 0 Å². The first kappa shape index (κ1) is 15.8. The Balaban J connectivity index is 2.23. The zero-order valence-corrected chi connectivity index (χ0v) is 12.6. The van der Waals surface area contributed by atoms with Crippen LogP contribution in [0.15, 0.2) is 29.2 Å². The lowest BCUT2D eigenvalue weighted by atomic mass is 10.0. The summed E-state index contributed by atoms with van der Waals surface area (Å²) in [5.41, 5.74) is -1.38. The minimum Gasteiger partial charge on any atom is -0.494 e. The Morgan fingerprint density at radius 1 is 1.29 bits per heavy atom. The molecule has 1 aromatic rings. The Hall–Kier alpha value is -1.60. The highest BCUT2D eigenvalue weighted by molar-refractivity contribution is 7.89. The van der Waals surface area contributed by atoms with Crippen molar-refractivity contribution < 1.29 is 23.1 Å². The number of rotatable bonds is 6. The molecule has 116 valence electrons. The van der Waals surface area contributed by atoms with E-state index in [1.165, 1.54) is 12.1 Å². The van der Waals surface area contributed by atoms with E-state index in [-0.39, 0.29) is 4.90 Å². The molecule has 2 rings (SSSR count). The number of carbonyl (C=O) groups is 1. The summed E-state index contributed by atoms with van der Waals surface area (Å²) in [6, 6.07) is 5.94. The molecule has 6 nitrogen and oxygen atoms in total. The van der Waals surface area contributed by atoms with Crippen LogP contribution in [0.2, 0.25) is 0 Å². The van der Waals surface area contributed by atoms with Gasteiger partial charge in [0, 0.05) is 0 Å². The summed E-state index contributed by atoms with van der Waals surface area (Å²) in [7, 11) is -3.87. The molecule has 7 heteroatoms. The van der Waals surface area contributed by atoms with Gasteiger partial charge in [-0.15, -0.1) is 0 Å². The molecule has 2 N–H and O–H groups in total. The molecular formula is C14H19NO5S. The summed E-state index contributed by atoms with van der Waals surface area (Å²) < 4.78 is 32.3. The van der Waals surface area contributed by atoms with Crippen LogP contribution in [-0.4, -0.2) is 31.6 Å². The SMILES string of the molecule is CCOc1ccc(S(=O)(=O)NC2(C(=O)O)CCCC2)cc1. The lowest BCUT2D eigenvalue weighted by molar-refractivity contribution is -0.143. The molecule has 1 fully saturated rings. The summed E-state index contributed by atoms with van der Waals surface area (Å²) in [6.07, 6.45) is 2.05. The Kier molecular flexibility index (Phi) is 4.53. The van der Waals surface area contributed by atoms with Gasteiger partial charge >= 0.3 is 5.97 Å². The molecule has 21 heavy (non-hydrogen) atoms. The van der Waals surface area contributed by atoms with Crippen molar-refractivity contribution in [2.75, 3.05) is 6.61 Å². The van der Waals surface area contributed by atoms with Gasteiger partial charge in [-0.2, -0.15) is 4.72 Å². The molecule has 1 aliphatic carbocycles. The first-order chi connectivity index (χ1) is 9.89. The average Bonchev–Trinajstić information content (AvgIpc) is 2.89. The van der Waals surface area contributed by atoms with E-state index in [0.29, 0.717) is 38.0 Å². The van der Waals surface area contributed by atoms with Crippen LogP contribution in [0.3, 0.4) is 0 Å². The van der Waals surface area contributed by atoms with E-state index < -0.39 is 21.5 Å². The number of nitrogens with one attached hydrogen (secondary N) is 1. The van der Waals surface area contributed by atoms with Gasteiger partial charge in [0.1, 0.15) is 11.3 Å². The Labute approximate surface area is 124 Å². The van der Waals surface area contributed by atoms with E-state index >= 15 is 0 Å². The lowest BCUT2D eigenvalue weighted by Gasteiger charge is -2.25. The number of hydrogen-bond acceptors (Lipinski definition) is 4. The molecule has 0 amide bonds. The number of hydrogen-bond donors (Lipinski definition) is 2. The second-order valence-corrected chi connectivity index (χ2v) is 6.79. The third-order valence-electron chi connectivity index (χ3n) is 3.64. The minimum atomic E-state index is -3.87. The zero-order valence-electron chi connectivity index (χ0n) is 11.8. The second-order valence-electron chi connectivity index (χ2n) is 5.10. The van der Waals surface area contributed by atoms with Crippen molar-refractivity contribution in [1.29, 1.82) is 0 Å². The molecule has 0 unspecified atom stereocenters. The third kappa shape index (κ3) is 3.36. The van der Waals surface area contributed by atoms with Gasteiger partial charge in [0.2, 0.25) is 10.0 Å². The topological polar surface area (TPSA) is 92.7 Å². The number of benzene rings is 1. The fourth-order valence-electron chi connectivity index (χ4n) is 2.54. The molecule has 1 aromatic carbocycles. The molecule has 0 heterocycles. The van der Waals surface area contributed by atoms with Crippen LogP contribution in [0.25, 0.3) is 0 Å². The molecule has 0 atom stereocenters. The first-order valence-electron chi connectivity index (χ1n) is 6.90. The lowest BCUT2D eigenvalue weighted by Crippen LogP contribution is -2.52. The molecule has 0 saturated heterocycles. The molecule has 0 radical (unpaired) electrons. The van der Waals surface area contributed by atoms with Gasteiger partial charge in [-0.05, 0) is 44.0 Å². The monoisotopic (exact) mass is 313 g/mol. The van der Waals surface area contributed by atoms with Crippen LogP contribution in [0.5, 0.6) is 5.75 Å². The van der Waals surface area contributed by atoms with Gasteiger partial charge in [0.05, 0.1) is 11.5 Å². The van der Waals surface area contributed by atoms with Crippen molar-refractivity contribution in [2.45, 2.75) is 43.0 Å². The molecule has 0 aliphatic heterocycles. The number of ether oxygens (including phenoxy) is 1. The van der Waals surface area contributed by atoms with Crippen molar-refractivity contribution in [3.8, 4) is 5.75 Å². The molecule has 1 aliphatic rings. The standard InChI is InChI=1S/C14H19NO5S/c1-2-20-11-5-7-12(8-6-11)21(18,19)15-14(13(16)17)9-3-4-10-14/h5-8,15H,2-4,9-10H2,1H3,(H,16,17). The van der Waals surface area contributed by atoms with Crippen LogP contribution < -0.4 is 9.46 Å². The Morgan fingerprint density at radius 3 is 2.33 bits per heavy atom. The molecule has 1 saturated carbocycles. The summed E-state index contributed by atoms with van der Waals surface area (Å²) in [5, 5.41) is 9.34. The maximum Gasteiger partial charge on any atom is 0.324 e. The number of carboxylic acid groups (broad SMARTS) is 1. The van der Waals surface area contributed by atoms with E-state index in [9.17, 15) is 18.3 Å². The summed E-state index contributed by atoms with van der Waals surface area (Å²) in [5.74, 6) is -0.542. The van der Waals surface area contributed by atoms with Crippen LogP contribution in [0.1, 0.15) is 32.6 Å². The molecule has 0 spiro atoms. The van der Waals surface area contributed by atoms with Gasteiger partial charge in [0.15, 0.2) is 0 Å².